The van der Waals surface area contributed by atoms with E-state index in [4.69, 9.17) is 10.00 Å². The molecule has 0 aliphatic carbocycles. The summed E-state index contributed by atoms with van der Waals surface area (Å²) in [5, 5.41) is 12.5. The average molecular weight is 339 g/mol. The first kappa shape index (κ1) is 17.6. The van der Waals surface area contributed by atoms with Crippen LogP contribution in [0.4, 0.5) is 4.39 Å². The van der Waals surface area contributed by atoms with E-state index in [0.717, 1.165) is 44.0 Å². The number of morpholine rings is 1. The van der Waals surface area contributed by atoms with Crippen molar-refractivity contribution in [3.63, 3.8) is 0 Å². The van der Waals surface area contributed by atoms with E-state index in [0.29, 0.717) is 12.1 Å². The van der Waals surface area contributed by atoms with Crippen LogP contribution < -0.4 is 5.32 Å². The third-order valence-electron chi connectivity index (χ3n) is 4.46. The summed E-state index contributed by atoms with van der Waals surface area (Å²) in [6, 6.07) is 16.7. The van der Waals surface area contributed by atoms with Crippen molar-refractivity contribution in [2.45, 2.75) is 12.6 Å². The van der Waals surface area contributed by atoms with Gasteiger partial charge in [0.15, 0.2) is 0 Å². The van der Waals surface area contributed by atoms with Crippen LogP contribution in [0.5, 0.6) is 0 Å². The molecule has 1 saturated heterocycles. The fourth-order valence-electron chi connectivity index (χ4n) is 3.14. The van der Waals surface area contributed by atoms with Crippen LogP contribution in [0.25, 0.3) is 0 Å². The zero-order chi connectivity index (χ0) is 17.5. The van der Waals surface area contributed by atoms with E-state index in [9.17, 15) is 4.39 Å². The predicted octanol–water partition coefficient (Wildman–Crippen LogP) is 2.86. The zero-order valence-corrected chi connectivity index (χ0v) is 14.1. The van der Waals surface area contributed by atoms with Crippen molar-refractivity contribution in [2.75, 3.05) is 32.8 Å². The van der Waals surface area contributed by atoms with Crippen LogP contribution in [-0.4, -0.2) is 37.7 Å². The molecule has 0 radical (unpaired) electrons. The highest BCUT2D eigenvalue weighted by atomic mass is 19.1. The van der Waals surface area contributed by atoms with Gasteiger partial charge in [0.25, 0.3) is 0 Å². The number of hydrogen-bond donors (Lipinski definition) is 1. The van der Waals surface area contributed by atoms with Gasteiger partial charge in [-0.1, -0.05) is 24.3 Å². The van der Waals surface area contributed by atoms with Gasteiger partial charge in [-0.3, -0.25) is 4.90 Å². The molecule has 1 heterocycles. The molecule has 2 aromatic carbocycles. The Balaban J connectivity index is 1.66. The van der Waals surface area contributed by atoms with Crippen LogP contribution in [-0.2, 0) is 11.3 Å². The first-order valence-corrected chi connectivity index (χ1v) is 8.53. The van der Waals surface area contributed by atoms with Crippen LogP contribution in [0.3, 0.4) is 0 Å². The summed E-state index contributed by atoms with van der Waals surface area (Å²) in [7, 11) is 0. The van der Waals surface area contributed by atoms with E-state index >= 15 is 0 Å². The van der Waals surface area contributed by atoms with Gasteiger partial charge < -0.3 is 10.1 Å². The molecule has 5 heteroatoms. The Kier molecular flexibility index (Phi) is 6.13. The second kappa shape index (κ2) is 8.72. The molecule has 130 valence electrons. The van der Waals surface area contributed by atoms with Gasteiger partial charge in [-0.15, -0.1) is 0 Å². The maximum Gasteiger partial charge on any atom is 0.123 e. The molecule has 1 fully saturated rings. The Morgan fingerprint density at radius 1 is 1.16 bits per heavy atom. The predicted molar refractivity (Wildman–Crippen MR) is 94.4 cm³/mol. The van der Waals surface area contributed by atoms with Gasteiger partial charge >= 0.3 is 0 Å². The molecule has 1 N–H and O–H groups in total. The summed E-state index contributed by atoms with van der Waals surface area (Å²) in [6.45, 7) is 4.63. The molecule has 0 saturated carbocycles. The molecule has 4 nitrogen and oxygen atoms in total. The van der Waals surface area contributed by atoms with Crippen LogP contribution in [0.15, 0.2) is 48.5 Å². The molecule has 25 heavy (non-hydrogen) atoms. The van der Waals surface area contributed by atoms with E-state index in [-0.39, 0.29) is 11.9 Å². The molecule has 3 rings (SSSR count). The van der Waals surface area contributed by atoms with E-state index in [1.165, 1.54) is 12.1 Å². The number of nitriles is 1. The third-order valence-corrected chi connectivity index (χ3v) is 4.46. The highest BCUT2D eigenvalue weighted by Gasteiger charge is 2.22. The van der Waals surface area contributed by atoms with Crippen LogP contribution in [0, 0.1) is 17.1 Å². The summed E-state index contributed by atoms with van der Waals surface area (Å²) >= 11 is 0. The monoisotopic (exact) mass is 339 g/mol. The molecular weight excluding hydrogens is 317 g/mol. The Bertz CT molecular complexity index is 720. The van der Waals surface area contributed by atoms with E-state index in [2.05, 4.69) is 16.3 Å². The van der Waals surface area contributed by atoms with Gasteiger partial charge in [0.05, 0.1) is 24.8 Å². The summed E-state index contributed by atoms with van der Waals surface area (Å²) in [5.74, 6) is -0.217. The lowest BCUT2D eigenvalue weighted by atomic mass is 10.0. The Morgan fingerprint density at radius 2 is 1.92 bits per heavy atom. The Hall–Kier alpha value is -2.26. The fourth-order valence-corrected chi connectivity index (χ4v) is 3.14. The quantitative estimate of drug-likeness (QED) is 0.879. The lowest BCUT2D eigenvalue weighted by Crippen LogP contribution is -2.42. The lowest BCUT2D eigenvalue weighted by Gasteiger charge is -2.35. The molecule has 2 aromatic rings. The maximum atomic E-state index is 13.3. The number of ether oxygens (including phenoxy) is 1. The average Bonchev–Trinajstić information content (AvgIpc) is 2.67. The van der Waals surface area contributed by atoms with Gasteiger partial charge in [-0.2, -0.15) is 5.26 Å². The van der Waals surface area contributed by atoms with Gasteiger partial charge in [0.1, 0.15) is 5.82 Å². The second-order valence-electron chi connectivity index (χ2n) is 6.16. The fraction of sp³-hybridized carbons (Fsp3) is 0.350. The smallest absolute Gasteiger partial charge is 0.123 e. The van der Waals surface area contributed by atoms with E-state index in [1.807, 2.05) is 30.3 Å². The molecular formula is C20H22FN3O. The molecule has 1 aliphatic heterocycles. The van der Waals surface area contributed by atoms with Crippen molar-refractivity contribution >= 4 is 0 Å². The zero-order valence-electron chi connectivity index (χ0n) is 14.1. The van der Waals surface area contributed by atoms with E-state index in [1.54, 1.807) is 6.07 Å². The standard InChI is InChI=1S/C20H22FN3O/c21-19-6-4-18(5-7-19)20(24-8-10-25-11-9-24)15-23-14-17-3-1-2-16(12-17)13-22/h1-7,12,20,23H,8-11,14-15H2. The second-order valence-corrected chi connectivity index (χ2v) is 6.16. The number of rotatable bonds is 6. The number of hydrogen-bond acceptors (Lipinski definition) is 4. The third kappa shape index (κ3) is 4.86. The number of benzene rings is 2. The topological polar surface area (TPSA) is 48.3 Å². The first-order valence-electron chi connectivity index (χ1n) is 8.53. The number of nitrogens with zero attached hydrogens (tertiary/aromatic N) is 2. The Morgan fingerprint density at radius 3 is 2.64 bits per heavy atom. The minimum Gasteiger partial charge on any atom is -0.379 e. The first-order chi connectivity index (χ1) is 12.3. The maximum absolute atomic E-state index is 13.3. The van der Waals surface area contributed by atoms with Gasteiger partial charge in [0, 0.05) is 32.2 Å². The summed E-state index contributed by atoms with van der Waals surface area (Å²) < 4.78 is 18.7. The number of nitrogens with one attached hydrogen (secondary N) is 1. The van der Waals surface area contributed by atoms with Crippen LogP contribution in [0.2, 0.25) is 0 Å². The summed E-state index contributed by atoms with van der Waals surface area (Å²) in [6.07, 6.45) is 0. The van der Waals surface area contributed by atoms with Crippen molar-refractivity contribution in [3.8, 4) is 6.07 Å². The molecule has 1 atom stereocenters. The molecule has 0 amide bonds. The SMILES string of the molecule is N#Cc1cccc(CNCC(c2ccc(F)cc2)N2CCOCC2)c1. The van der Waals surface area contributed by atoms with Crippen LogP contribution >= 0.6 is 0 Å². The number of halogens is 1. The van der Waals surface area contributed by atoms with Crippen molar-refractivity contribution in [1.82, 2.24) is 10.2 Å². The minimum absolute atomic E-state index is 0.170. The van der Waals surface area contributed by atoms with Gasteiger partial charge in [-0.25, -0.2) is 4.39 Å². The molecule has 0 spiro atoms. The Labute approximate surface area is 147 Å². The van der Waals surface area contributed by atoms with Crippen LogP contribution in [0.1, 0.15) is 22.7 Å². The molecule has 1 unspecified atom stereocenters. The van der Waals surface area contributed by atoms with Crippen molar-refractivity contribution in [1.29, 1.82) is 5.26 Å². The molecule has 1 aliphatic rings. The van der Waals surface area contributed by atoms with Crippen molar-refractivity contribution in [3.05, 3.63) is 71.0 Å². The van der Waals surface area contributed by atoms with Gasteiger partial charge in [0.2, 0.25) is 0 Å². The summed E-state index contributed by atoms with van der Waals surface area (Å²) in [5.41, 5.74) is 2.85. The largest absolute Gasteiger partial charge is 0.379 e. The summed E-state index contributed by atoms with van der Waals surface area (Å²) in [4.78, 5) is 2.37. The van der Waals surface area contributed by atoms with Crippen molar-refractivity contribution in [2.24, 2.45) is 0 Å². The minimum atomic E-state index is -0.217. The van der Waals surface area contributed by atoms with E-state index < -0.39 is 0 Å². The molecule has 0 aromatic heterocycles. The highest BCUT2D eigenvalue weighted by Crippen LogP contribution is 2.22. The van der Waals surface area contributed by atoms with Gasteiger partial charge in [-0.05, 0) is 35.4 Å². The normalized spacial score (nSPS) is 16.3. The molecule has 0 bridgehead atoms. The van der Waals surface area contributed by atoms with Crippen molar-refractivity contribution < 1.29 is 9.13 Å². The lowest BCUT2D eigenvalue weighted by molar-refractivity contribution is 0.0161. The highest BCUT2D eigenvalue weighted by molar-refractivity contribution is 5.32.